The zero-order valence-electron chi connectivity index (χ0n) is 12.4. The Morgan fingerprint density at radius 2 is 2.33 bits per heavy atom. The van der Waals surface area contributed by atoms with Crippen LogP contribution in [0, 0.1) is 0 Å². The maximum atomic E-state index is 10.9. The SMILES string of the molecule is COc1c(CC(N)C(=O)O)cccc1OC1CCN(C)C1. The van der Waals surface area contributed by atoms with E-state index in [1.54, 1.807) is 7.11 Å². The predicted molar refractivity (Wildman–Crippen MR) is 78.8 cm³/mol. The Morgan fingerprint density at radius 1 is 1.57 bits per heavy atom. The summed E-state index contributed by atoms with van der Waals surface area (Å²) in [6.45, 7) is 1.89. The number of ether oxygens (including phenoxy) is 2. The number of carbonyl (C=O) groups is 1. The molecule has 1 aliphatic heterocycles. The minimum absolute atomic E-state index is 0.132. The fourth-order valence-electron chi connectivity index (χ4n) is 2.54. The highest BCUT2D eigenvalue weighted by molar-refractivity contribution is 5.73. The molecule has 2 atom stereocenters. The van der Waals surface area contributed by atoms with Gasteiger partial charge in [0, 0.05) is 25.1 Å². The minimum atomic E-state index is -1.03. The lowest BCUT2D eigenvalue weighted by atomic mass is 10.0. The number of nitrogens with zero attached hydrogens (tertiary/aromatic N) is 1. The van der Waals surface area contributed by atoms with Gasteiger partial charge in [-0.3, -0.25) is 4.79 Å². The van der Waals surface area contributed by atoms with Crippen LogP contribution in [0.15, 0.2) is 18.2 Å². The zero-order chi connectivity index (χ0) is 15.4. The molecule has 1 saturated heterocycles. The van der Waals surface area contributed by atoms with E-state index in [4.69, 9.17) is 20.3 Å². The zero-order valence-corrected chi connectivity index (χ0v) is 12.4. The molecule has 0 spiro atoms. The minimum Gasteiger partial charge on any atom is -0.493 e. The van der Waals surface area contributed by atoms with Crippen LogP contribution < -0.4 is 15.2 Å². The normalized spacial score (nSPS) is 20.2. The van der Waals surface area contributed by atoms with Crippen molar-refractivity contribution in [3.05, 3.63) is 23.8 Å². The maximum Gasteiger partial charge on any atom is 0.320 e. The van der Waals surface area contributed by atoms with Gasteiger partial charge in [0.1, 0.15) is 12.1 Å². The molecule has 0 bridgehead atoms. The Bertz CT molecular complexity index is 506. The van der Waals surface area contributed by atoms with Crippen molar-refractivity contribution in [1.29, 1.82) is 0 Å². The summed E-state index contributed by atoms with van der Waals surface area (Å²) in [5, 5.41) is 8.93. The highest BCUT2D eigenvalue weighted by Crippen LogP contribution is 2.33. The third-order valence-corrected chi connectivity index (χ3v) is 3.66. The lowest BCUT2D eigenvalue weighted by molar-refractivity contribution is -0.138. The van der Waals surface area contributed by atoms with E-state index in [2.05, 4.69) is 11.9 Å². The lowest BCUT2D eigenvalue weighted by Crippen LogP contribution is -2.32. The van der Waals surface area contributed by atoms with Crippen LogP contribution in [0.5, 0.6) is 11.5 Å². The number of likely N-dealkylation sites (N-methyl/N-ethyl adjacent to an activating group) is 1. The number of para-hydroxylation sites is 1. The molecule has 0 aromatic heterocycles. The summed E-state index contributed by atoms with van der Waals surface area (Å²) in [6, 6.07) is 4.54. The quantitative estimate of drug-likeness (QED) is 0.804. The monoisotopic (exact) mass is 294 g/mol. The van der Waals surface area contributed by atoms with E-state index in [1.807, 2.05) is 18.2 Å². The van der Waals surface area contributed by atoms with Crippen LogP contribution in [0.2, 0.25) is 0 Å². The Balaban J connectivity index is 2.16. The molecule has 0 amide bonds. The molecular weight excluding hydrogens is 272 g/mol. The fourth-order valence-corrected chi connectivity index (χ4v) is 2.54. The summed E-state index contributed by atoms with van der Waals surface area (Å²) in [6.07, 6.45) is 1.31. The maximum absolute atomic E-state index is 10.9. The largest absolute Gasteiger partial charge is 0.493 e. The molecule has 1 aromatic rings. The van der Waals surface area contributed by atoms with Gasteiger partial charge >= 0.3 is 5.97 Å². The second-order valence-corrected chi connectivity index (χ2v) is 5.39. The van der Waals surface area contributed by atoms with Crippen LogP contribution >= 0.6 is 0 Å². The van der Waals surface area contributed by atoms with Crippen LogP contribution in [-0.2, 0) is 11.2 Å². The van der Waals surface area contributed by atoms with Gasteiger partial charge in [0.2, 0.25) is 0 Å². The molecule has 2 rings (SSSR count). The second kappa shape index (κ2) is 6.78. The molecule has 1 aromatic carbocycles. The fraction of sp³-hybridized carbons (Fsp3) is 0.533. The smallest absolute Gasteiger partial charge is 0.320 e. The number of aliphatic carboxylic acids is 1. The molecule has 1 fully saturated rings. The summed E-state index contributed by atoms with van der Waals surface area (Å²) in [7, 11) is 3.61. The molecule has 0 radical (unpaired) electrons. The second-order valence-electron chi connectivity index (χ2n) is 5.39. The van der Waals surface area contributed by atoms with E-state index in [0.29, 0.717) is 11.5 Å². The first-order valence-electron chi connectivity index (χ1n) is 7.00. The standard InChI is InChI=1S/C15H22N2O4/c1-17-7-6-11(9-17)21-13-5-3-4-10(14(13)20-2)8-12(16)15(18)19/h3-5,11-12H,6-9,16H2,1-2H3,(H,18,19). The number of rotatable bonds is 6. The van der Waals surface area contributed by atoms with Crippen molar-refractivity contribution in [3.63, 3.8) is 0 Å². The molecule has 1 heterocycles. The Hall–Kier alpha value is -1.79. The molecule has 6 nitrogen and oxygen atoms in total. The van der Waals surface area contributed by atoms with Gasteiger partial charge in [0.05, 0.1) is 7.11 Å². The van der Waals surface area contributed by atoms with Gasteiger partial charge in [-0.1, -0.05) is 12.1 Å². The number of likely N-dealkylation sites (tertiary alicyclic amines) is 1. The first kappa shape index (κ1) is 15.6. The number of hydrogen-bond acceptors (Lipinski definition) is 5. The van der Waals surface area contributed by atoms with E-state index in [0.717, 1.165) is 25.1 Å². The summed E-state index contributed by atoms with van der Waals surface area (Å²) in [5.41, 5.74) is 6.35. The third-order valence-electron chi connectivity index (χ3n) is 3.66. The first-order valence-corrected chi connectivity index (χ1v) is 7.00. The van der Waals surface area contributed by atoms with Crippen molar-refractivity contribution in [2.45, 2.75) is 25.0 Å². The van der Waals surface area contributed by atoms with Crippen LogP contribution in [0.3, 0.4) is 0 Å². The van der Waals surface area contributed by atoms with Gasteiger partial charge < -0.3 is 25.2 Å². The molecule has 116 valence electrons. The van der Waals surface area contributed by atoms with Crippen LogP contribution in [0.4, 0.5) is 0 Å². The Morgan fingerprint density at radius 3 is 2.90 bits per heavy atom. The van der Waals surface area contributed by atoms with Crippen LogP contribution in [0.1, 0.15) is 12.0 Å². The molecule has 2 unspecified atom stereocenters. The molecule has 3 N–H and O–H groups in total. The Labute approximate surface area is 124 Å². The molecule has 0 aliphatic carbocycles. The highest BCUT2D eigenvalue weighted by Gasteiger charge is 2.23. The van der Waals surface area contributed by atoms with Gasteiger partial charge in [-0.25, -0.2) is 0 Å². The van der Waals surface area contributed by atoms with E-state index < -0.39 is 12.0 Å². The highest BCUT2D eigenvalue weighted by atomic mass is 16.5. The molecule has 21 heavy (non-hydrogen) atoms. The van der Waals surface area contributed by atoms with E-state index in [-0.39, 0.29) is 12.5 Å². The van der Waals surface area contributed by atoms with Crippen LogP contribution in [0.25, 0.3) is 0 Å². The summed E-state index contributed by atoms with van der Waals surface area (Å²) >= 11 is 0. The number of nitrogens with two attached hydrogens (primary N) is 1. The third kappa shape index (κ3) is 3.86. The average Bonchev–Trinajstić information content (AvgIpc) is 2.84. The van der Waals surface area contributed by atoms with Crippen molar-refractivity contribution < 1.29 is 19.4 Å². The number of benzene rings is 1. The lowest BCUT2D eigenvalue weighted by Gasteiger charge is -2.19. The molecule has 0 saturated carbocycles. The van der Waals surface area contributed by atoms with Crippen LogP contribution in [-0.4, -0.2) is 55.4 Å². The summed E-state index contributed by atoms with van der Waals surface area (Å²) < 4.78 is 11.4. The number of carboxylic acids is 1. The first-order chi connectivity index (χ1) is 10.0. The summed E-state index contributed by atoms with van der Waals surface area (Å²) in [5.74, 6) is 0.192. The number of hydrogen-bond donors (Lipinski definition) is 2. The number of carboxylic acid groups (broad SMARTS) is 1. The van der Waals surface area contributed by atoms with Crippen molar-refractivity contribution in [1.82, 2.24) is 4.90 Å². The van der Waals surface area contributed by atoms with Gasteiger partial charge in [0.25, 0.3) is 0 Å². The Kier molecular flexibility index (Phi) is 5.03. The van der Waals surface area contributed by atoms with Gasteiger partial charge in [-0.05, 0) is 19.5 Å². The number of methoxy groups -OCH3 is 1. The van der Waals surface area contributed by atoms with Crippen molar-refractivity contribution in [2.75, 3.05) is 27.2 Å². The van der Waals surface area contributed by atoms with E-state index in [1.165, 1.54) is 0 Å². The van der Waals surface area contributed by atoms with Gasteiger partial charge in [-0.2, -0.15) is 0 Å². The van der Waals surface area contributed by atoms with Gasteiger partial charge in [0.15, 0.2) is 11.5 Å². The van der Waals surface area contributed by atoms with E-state index >= 15 is 0 Å². The van der Waals surface area contributed by atoms with E-state index in [9.17, 15) is 4.79 Å². The molecule has 6 heteroatoms. The van der Waals surface area contributed by atoms with Crippen molar-refractivity contribution in [2.24, 2.45) is 5.73 Å². The van der Waals surface area contributed by atoms with Crippen molar-refractivity contribution >= 4 is 5.97 Å². The van der Waals surface area contributed by atoms with Crippen molar-refractivity contribution in [3.8, 4) is 11.5 Å². The molecule has 1 aliphatic rings. The molecular formula is C15H22N2O4. The predicted octanol–water partition coefficient (Wildman–Crippen LogP) is 0.732. The summed E-state index contributed by atoms with van der Waals surface area (Å²) in [4.78, 5) is 13.1. The van der Waals surface area contributed by atoms with Gasteiger partial charge in [-0.15, -0.1) is 0 Å². The average molecular weight is 294 g/mol. The topological polar surface area (TPSA) is 85.0 Å².